The Morgan fingerprint density at radius 2 is 1.79 bits per heavy atom. The van der Waals surface area contributed by atoms with Crippen LogP contribution in [0.3, 0.4) is 0 Å². The minimum Gasteiger partial charge on any atom is -0.397 e. The van der Waals surface area contributed by atoms with Crippen molar-refractivity contribution in [2.45, 2.75) is 0 Å². The summed E-state index contributed by atoms with van der Waals surface area (Å²) >= 11 is 0. The van der Waals surface area contributed by atoms with Crippen molar-refractivity contribution in [3.63, 3.8) is 0 Å². The van der Waals surface area contributed by atoms with E-state index in [1.54, 1.807) is 36.7 Å². The maximum Gasteiger partial charge on any atom is 0.259 e. The van der Waals surface area contributed by atoms with Gasteiger partial charge in [-0.15, -0.1) is 0 Å². The molecule has 1 aromatic heterocycles. The highest BCUT2D eigenvalue weighted by atomic mass is 16.2. The van der Waals surface area contributed by atoms with Crippen LogP contribution >= 0.6 is 0 Å². The van der Waals surface area contributed by atoms with Gasteiger partial charge < -0.3 is 11.1 Å². The zero-order valence-corrected chi connectivity index (χ0v) is 9.81. The van der Waals surface area contributed by atoms with Crippen molar-refractivity contribution in [1.29, 1.82) is 0 Å². The molecule has 0 radical (unpaired) electrons. The summed E-state index contributed by atoms with van der Waals surface area (Å²) in [7, 11) is 0. The molecule has 2 aromatic rings. The van der Waals surface area contributed by atoms with Gasteiger partial charge in [0, 0.05) is 11.9 Å². The molecule has 0 unspecified atom stereocenters. The summed E-state index contributed by atoms with van der Waals surface area (Å²) in [5.41, 5.74) is 8.33. The van der Waals surface area contributed by atoms with E-state index in [-0.39, 0.29) is 11.8 Å². The Balaban J connectivity index is 1.93. The molecule has 3 rings (SSSR count). The fraction of sp³-hybridized carbons (Fsp3) is 0. The zero-order valence-electron chi connectivity index (χ0n) is 9.81. The summed E-state index contributed by atoms with van der Waals surface area (Å²) in [5.74, 6) is -0.744. The molecule has 19 heavy (non-hydrogen) atoms. The number of nitrogens with two attached hydrogens (primary N) is 1. The number of benzene rings is 1. The number of carbonyl (C=O) groups is 2. The first-order valence-corrected chi connectivity index (χ1v) is 5.61. The summed E-state index contributed by atoms with van der Waals surface area (Å²) in [6, 6.07) is 6.68. The van der Waals surface area contributed by atoms with Gasteiger partial charge in [-0.1, -0.05) is 0 Å². The van der Waals surface area contributed by atoms with Crippen LogP contribution in [-0.4, -0.2) is 16.8 Å². The summed E-state index contributed by atoms with van der Waals surface area (Å²) < 4.78 is 0. The average molecular weight is 254 g/mol. The normalized spacial score (nSPS) is 13.1. The topological polar surface area (TPSA) is 97.1 Å². The first-order valence-electron chi connectivity index (χ1n) is 5.61. The second-order valence-corrected chi connectivity index (χ2v) is 4.18. The number of hydrogen-bond donors (Lipinski definition) is 3. The van der Waals surface area contributed by atoms with Gasteiger partial charge in [0.15, 0.2) is 0 Å². The number of nitrogens with one attached hydrogen (secondary N) is 2. The molecular weight excluding hydrogens is 244 g/mol. The molecule has 0 saturated carbocycles. The van der Waals surface area contributed by atoms with Crippen LogP contribution < -0.4 is 16.4 Å². The van der Waals surface area contributed by atoms with Crippen LogP contribution in [0.4, 0.5) is 17.1 Å². The van der Waals surface area contributed by atoms with E-state index >= 15 is 0 Å². The van der Waals surface area contributed by atoms with Crippen LogP contribution in [0.2, 0.25) is 0 Å². The summed E-state index contributed by atoms with van der Waals surface area (Å²) in [4.78, 5) is 26.9. The van der Waals surface area contributed by atoms with Crippen LogP contribution in [0.25, 0.3) is 0 Å². The lowest BCUT2D eigenvalue weighted by Crippen LogP contribution is -2.19. The van der Waals surface area contributed by atoms with Gasteiger partial charge in [0.1, 0.15) is 0 Å². The van der Waals surface area contributed by atoms with E-state index in [2.05, 4.69) is 15.6 Å². The first-order chi connectivity index (χ1) is 9.13. The molecule has 0 atom stereocenters. The number of carbonyl (C=O) groups excluding carboxylic acids is 2. The van der Waals surface area contributed by atoms with Gasteiger partial charge in [-0.3, -0.25) is 19.9 Å². The van der Waals surface area contributed by atoms with Crippen LogP contribution in [0, 0.1) is 0 Å². The summed E-state index contributed by atoms with van der Waals surface area (Å²) in [5, 5.41) is 5.32. The molecule has 2 amide bonds. The number of fused-ring (bicyclic) bond motifs is 1. The smallest absolute Gasteiger partial charge is 0.259 e. The maximum atomic E-state index is 11.5. The predicted molar refractivity (Wildman–Crippen MR) is 70.2 cm³/mol. The first kappa shape index (κ1) is 11.2. The number of nitrogens with zero attached hydrogens (tertiary/aromatic N) is 1. The molecule has 4 N–H and O–H groups in total. The third kappa shape index (κ3) is 1.99. The second kappa shape index (κ2) is 4.09. The van der Waals surface area contributed by atoms with E-state index in [0.717, 1.165) is 0 Å². The minimum absolute atomic E-state index is 0.364. The fourth-order valence-corrected chi connectivity index (χ4v) is 1.94. The molecule has 0 aliphatic carbocycles. The Kier molecular flexibility index (Phi) is 2.42. The molecule has 1 aliphatic heterocycles. The molecule has 0 spiro atoms. The number of hydrogen-bond acceptors (Lipinski definition) is 5. The van der Waals surface area contributed by atoms with Gasteiger partial charge in [-0.25, -0.2) is 0 Å². The number of nitrogen functional groups attached to an aromatic ring is 1. The Morgan fingerprint density at radius 1 is 1.00 bits per heavy atom. The van der Waals surface area contributed by atoms with Gasteiger partial charge in [0.25, 0.3) is 11.8 Å². The molecule has 94 valence electrons. The van der Waals surface area contributed by atoms with Gasteiger partial charge in [-0.05, 0) is 24.3 Å². The number of rotatable bonds is 2. The van der Waals surface area contributed by atoms with E-state index in [0.29, 0.717) is 28.2 Å². The lowest BCUT2D eigenvalue weighted by Gasteiger charge is -2.07. The van der Waals surface area contributed by atoms with Crippen molar-refractivity contribution in [3.8, 4) is 0 Å². The monoisotopic (exact) mass is 254 g/mol. The lowest BCUT2D eigenvalue weighted by atomic mass is 10.1. The molecule has 0 fully saturated rings. The molecule has 0 bridgehead atoms. The van der Waals surface area contributed by atoms with Crippen LogP contribution in [0.5, 0.6) is 0 Å². The zero-order chi connectivity index (χ0) is 13.4. The van der Waals surface area contributed by atoms with Gasteiger partial charge in [0.2, 0.25) is 0 Å². The fourth-order valence-electron chi connectivity index (χ4n) is 1.94. The average Bonchev–Trinajstić information content (AvgIpc) is 2.65. The Bertz CT molecular complexity index is 697. The Labute approximate surface area is 108 Å². The van der Waals surface area contributed by atoms with Crippen molar-refractivity contribution >= 4 is 28.9 Å². The summed E-state index contributed by atoms with van der Waals surface area (Å²) in [6.07, 6.45) is 3.16. The Morgan fingerprint density at radius 3 is 2.58 bits per heavy atom. The van der Waals surface area contributed by atoms with Gasteiger partial charge in [-0.2, -0.15) is 0 Å². The standard InChI is InChI=1S/C13H10N4O2/c14-7-3-9(6-15-5-7)16-8-1-2-10-11(4-8)13(19)17-12(10)18/h1-6,16H,14H2,(H,17,18,19). The van der Waals surface area contributed by atoms with Crippen LogP contribution in [0.15, 0.2) is 36.7 Å². The van der Waals surface area contributed by atoms with Crippen molar-refractivity contribution in [3.05, 3.63) is 47.8 Å². The van der Waals surface area contributed by atoms with Crippen molar-refractivity contribution in [2.24, 2.45) is 0 Å². The molecule has 6 heteroatoms. The van der Waals surface area contributed by atoms with Crippen molar-refractivity contribution < 1.29 is 9.59 Å². The third-order valence-electron chi connectivity index (χ3n) is 2.78. The van der Waals surface area contributed by atoms with Crippen LogP contribution in [-0.2, 0) is 0 Å². The van der Waals surface area contributed by atoms with E-state index in [4.69, 9.17) is 5.73 Å². The van der Waals surface area contributed by atoms with E-state index < -0.39 is 0 Å². The highest BCUT2D eigenvalue weighted by Gasteiger charge is 2.26. The number of imide groups is 1. The maximum absolute atomic E-state index is 11.5. The largest absolute Gasteiger partial charge is 0.397 e. The SMILES string of the molecule is Nc1cncc(Nc2ccc3c(c2)C(=O)NC3=O)c1. The molecule has 1 aromatic carbocycles. The number of anilines is 3. The molecule has 6 nitrogen and oxygen atoms in total. The van der Waals surface area contributed by atoms with Crippen molar-refractivity contribution in [2.75, 3.05) is 11.1 Å². The highest BCUT2D eigenvalue weighted by Crippen LogP contribution is 2.23. The highest BCUT2D eigenvalue weighted by molar-refractivity contribution is 6.21. The predicted octanol–water partition coefficient (Wildman–Crippen LogP) is 1.29. The quantitative estimate of drug-likeness (QED) is 0.701. The van der Waals surface area contributed by atoms with Gasteiger partial charge in [0.05, 0.1) is 28.7 Å². The van der Waals surface area contributed by atoms with E-state index in [1.165, 1.54) is 0 Å². The van der Waals surface area contributed by atoms with Crippen molar-refractivity contribution in [1.82, 2.24) is 10.3 Å². The van der Waals surface area contributed by atoms with Crippen LogP contribution in [0.1, 0.15) is 20.7 Å². The second-order valence-electron chi connectivity index (χ2n) is 4.18. The Hall–Kier alpha value is -2.89. The minimum atomic E-state index is -0.380. The van der Waals surface area contributed by atoms with E-state index in [1.807, 2.05) is 0 Å². The number of aromatic nitrogens is 1. The molecule has 2 heterocycles. The number of pyridine rings is 1. The van der Waals surface area contributed by atoms with E-state index in [9.17, 15) is 9.59 Å². The summed E-state index contributed by atoms with van der Waals surface area (Å²) in [6.45, 7) is 0. The number of amides is 2. The molecule has 0 saturated heterocycles. The molecule has 1 aliphatic rings. The van der Waals surface area contributed by atoms with Gasteiger partial charge >= 0.3 is 0 Å². The third-order valence-corrected chi connectivity index (χ3v) is 2.78. The molecular formula is C13H10N4O2. The lowest BCUT2D eigenvalue weighted by molar-refractivity contribution is 0.0879.